The molecule has 8 heteroatoms. The van der Waals surface area contributed by atoms with Gasteiger partial charge in [0.2, 0.25) is 0 Å². The van der Waals surface area contributed by atoms with Crippen LogP contribution < -0.4 is 4.72 Å². The van der Waals surface area contributed by atoms with Crippen molar-refractivity contribution in [2.45, 2.75) is 36.8 Å². The van der Waals surface area contributed by atoms with Crippen LogP contribution >= 0.6 is 0 Å². The highest BCUT2D eigenvalue weighted by Crippen LogP contribution is 2.26. The molecule has 1 N–H and O–H groups in total. The SMILES string of the molecule is COC(=O)C1CCC(NS(=O)(=O)c2cn(C)cn2)CC1. The van der Waals surface area contributed by atoms with Crippen molar-refractivity contribution in [2.75, 3.05) is 7.11 Å². The standard InChI is InChI=1S/C12H19N3O4S/c1-15-7-11(13-8-15)20(17,18)14-10-5-3-9(4-6-10)12(16)19-2/h7-10,14H,3-6H2,1-2H3. The summed E-state index contributed by atoms with van der Waals surface area (Å²) in [5, 5.41) is 0.0232. The number of sulfonamides is 1. The van der Waals surface area contributed by atoms with Gasteiger partial charge in [0.15, 0.2) is 5.03 Å². The Morgan fingerprint density at radius 2 is 2.05 bits per heavy atom. The average molecular weight is 301 g/mol. The fourth-order valence-electron chi connectivity index (χ4n) is 2.42. The van der Waals surface area contributed by atoms with Crippen molar-refractivity contribution in [2.24, 2.45) is 13.0 Å². The molecule has 0 radical (unpaired) electrons. The van der Waals surface area contributed by atoms with Gasteiger partial charge >= 0.3 is 5.97 Å². The Bertz CT molecular complexity index is 573. The smallest absolute Gasteiger partial charge is 0.308 e. The van der Waals surface area contributed by atoms with Gasteiger partial charge in [0.05, 0.1) is 19.4 Å². The Hall–Kier alpha value is -1.41. The lowest BCUT2D eigenvalue weighted by molar-refractivity contribution is -0.146. The van der Waals surface area contributed by atoms with Crippen molar-refractivity contribution in [1.82, 2.24) is 14.3 Å². The molecule has 1 heterocycles. The number of hydrogen-bond donors (Lipinski definition) is 1. The number of methoxy groups -OCH3 is 1. The average Bonchev–Trinajstić information content (AvgIpc) is 2.86. The van der Waals surface area contributed by atoms with Gasteiger partial charge in [-0.2, -0.15) is 0 Å². The fourth-order valence-corrected chi connectivity index (χ4v) is 3.71. The zero-order valence-corrected chi connectivity index (χ0v) is 12.4. The number of carbonyl (C=O) groups excluding carboxylic acids is 1. The largest absolute Gasteiger partial charge is 0.469 e. The van der Waals surface area contributed by atoms with Gasteiger partial charge in [-0.25, -0.2) is 18.1 Å². The maximum Gasteiger partial charge on any atom is 0.308 e. The first-order valence-corrected chi connectivity index (χ1v) is 7.99. The van der Waals surface area contributed by atoms with Gasteiger partial charge in [0.1, 0.15) is 0 Å². The molecular formula is C12H19N3O4S. The first-order valence-electron chi connectivity index (χ1n) is 6.50. The van der Waals surface area contributed by atoms with Crippen LogP contribution in [0.5, 0.6) is 0 Å². The molecule has 0 atom stereocenters. The van der Waals surface area contributed by atoms with Crippen molar-refractivity contribution >= 4 is 16.0 Å². The van der Waals surface area contributed by atoms with Crippen molar-refractivity contribution < 1.29 is 17.9 Å². The van der Waals surface area contributed by atoms with Crippen molar-refractivity contribution in [3.63, 3.8) is 0 Å². The number of ether oxygens (including phenoxy) is 1. The Labute approximate surface area is 118 Å². The zero-order valence-electron chi connectivity index (χ0n) is 11.6. The summed E-state index contributed by atoms with van der Waals surface area (Å²) in [6.07, 6.45) is 5.45. The van der Waals surface area contributed by atoms with Gasteiger partial charge in [-0.3, -0.25) is 4.79 Å². The Kier molecular flexibility index (Phi) is 4.44. The Morgan fingerprint density at radius 1 is 1.40 bits per heavy atom. The van der Waals surface area contributed by atoms with Crippen LogP contribution in [-0.4, -0.2) is 37.1 Å². The molecule has 0 unspecified atom stereocenters. The van der Waals surface area contributed by atoms with Crippen LogP contribution in [0.3, 0.4) is 0 Å². The minimum Gasteiger partial charge on any atom is -0.469 e. The van der Waals surface area contributed by atoms with Gasteiger partial charge in [-0.1, -0.05) is 0 Å². The minimum absolute atomic E-state index is 0.0232. The van der Waals surface area contributed by atoms with Crippen LogP contribution in [0.4, 0.5) is 0 Å². The van der Waals surface area contributed by atoms with Crippen LogP contribution in [0.1, 0.15) is 25.7 Å². The number of rotatable bonds is 4. The van der Waals surface area contributed by atoms with Gasteiger partial charge in [0, 0.05) is 19.3 Å². The van der Waals surface area contributed by atoms with Gasteiger partial charge in [-0.05, 0) is 25.7 Å². The monoisotopic (exact) mass is 301 g/mol. The van der Waals surface area contributed by atoms with E-state index in [4.69, 9.17) is 4.74 Å². The predicted octanol–water partition coefficient (Wildman–Crippen LogP) is 0.430. The third-order valence-corrected chi connectivity index (χ3v) is 4.95. The van der Waals surface area contributed by atoms with E-state index in [0.717, 1.165) is 0 Å². The molecule has 7 nitrogen and oxygen atoms in total. The lowest BCUT2D eigenvalue weighted by Crippen LogP contribution is -2.39. The van der Waals surface area contributed by atoms with E-state index in [1.54, 1.807) is 11.6 Å². The summed E-state index contributed by atoms with van der Waals surface area (Å²) >= 11 is 0. The maximum atomic E-state index is 12.1. The third kappa shape index (κ3) is 3.37. The molecule has 20 heavy (non-hydrogen) atoms. The second kappa shape index (κ2) is 5.92. The highest BCUT2D eigenvalue weighted by atomic mass is 32.2. The summed E-state index contributed by atoms with van der Waals surface area (Å²) in [4.78, 5) is 15.3. The molecule has 112 valence electrons. The van der Waals surface area contributed by atoms with E-state index in [2.05, 4.69) is 9.71 Å². The molecule has 0 amide bonds. The third-order valence-electron chi connectivity index (χ3n) is 3.54. The predicted molar refractivity (Wildman–Crippen MR) is 71.3 cm³/mol. The summed E-state index contributed by atoms with van der Waals surface area (Å²) < 4.78 is 33.2. The molecule has 0 aromatic carbocycles. The van der Waals surface area contributed by atoms with Gasteiger partial charge in [0.25, 0.3) is 10.0 Å². The summed E-state index contributed by atoms with van der Waals surface area (Å²) in [5.41, 5.74) is 0. The molecular weight excluding hydrogens is 282 g/mol. The molecule has 2 rings (SSSR count). The highest BCUT2D eigenvalue weighted by molar-refractivity contribution is 7.89. The topological polar surface area (TPSA) is 90.3 Å². The van der Waals surface area contributed by atoms with Crippen molar-refractivity contribution in [3.8, 4) is 0 Å². The molecule has 1 aromatic heterocycles. The van der Waals surface area contributed by atoms with E-state index in [0.29, 0.717) is 25.7 Å². The van der Waals surface area contributed by atoms with Gasteiger partial charge < -0.3 is 9.30 Å². The number of imidazole rings is 1. The lowest BCUT2D eigenvalue weighted by atomic mass is 9.86. The number of carbonyl (C=O) groups is 1. The van der Waals surface area contributed by atoms with Crippen LogP contribution in [0.25, 0.3) is 0 Å². The molecule has 0 bridgehead atoms. The first-order chi connectivity index (χ1) is 9.42. The second-order valence-electron chi connectivity index (χ2n) is 5.07. The van der Waals surface area contributed by atoms with E-state index >= 15 is 0 Å². The number of aryl methyl sites for hydroxylation is 1. The molecule has 1 fully saturated rings. The van der Waals surface area contributed by atoms with Gasteiger partial charge in [-0.15, -0.1) is 0 Å². The summed E-state index contributed by atoms with van der Waals surface area (Å²) in [5.74, 6) is -0.327. The number of hydrogen-bond acceptors (Lipinski definition) is 5. The molecule has 1 aromatic rings. The molecule has 1 aliphatic carbocycles. The Morgan fingerprint density at radius 3 is 2.55 bits per heavy atom. The quantitative estimate of drug-likeness (QED) is 0.814. The fraction of sp³-hybridized carbons (Fsp3) is 0.667. The molecule has 1 saturated carbocycles. The number of aromatic nitrogens is 2. The highest BCUT2D eigenvalue weighted by Gasteiger charge is 2.30. The van der Waals surface area contributed by atoms with Crippen molar-refractivity contribution in [1.29, 1.82) is 0 Å². The zero-order chi connectivity index (χ0) is 14.8. The maximum absolute atomic E-state index is 12.1. The molecule has 0 spiro atoms. The number of nitrogens with one attached hydrogen (secondary N) is 1. The van der Waals surface area contributed by atoms with Crippen LogP contribution in [0.15, 0.2) is 17.6 Å². The normalized spacial score (nSPS) is 23.5. The van der Waals surface area contributed by atoms with Crippen LogP contribution in [0, 0.1) is 5.92 Å². The Balaban J connectivity index is 1.94. The van der Waals surface area contributed by atoms with Crippen LogP contribution in [-0.2, 0) is 26.6 Å². The summed E-state index contributed by atoms with van der Waals surface area (Å²) in [6, 6.07) is -0.150. The van der Waals surface area contributed by atoms with E-state index < -0.39 is 10.0 Å². The minimum atomic E-state index is -3.58. The molecule has 0 saturated heterocycles. The van der Waals surface area contributed by atoms with E-state index in [1.165, 1.54) is 19.6 Å². The number of esters is 1. The van der Waals surface area contributed by atoms with Crippen molar-refractivity contribution in [3.05, 3.63) is 12.5 Å². The summed E-state index contributed by atoms with van der Waals surface area (Å²) in [7, 11) is -0.491. The molecule has 0 aliphatic heterocycles. The summed E-state index contributed by atoms with van der Waals surface area (Å²) in [6.45, 7) is 0. The number of nitrogens with zero attached hydrogens (tertiary/aromatic N) is 2. The van der Waals surface area contributed by atoms with E-state index in [9.17, 15) is 13.2 Å². The van der Waals surface area contributed by atoms with E-state index in [1.807, 2.05) is 0 Å². The van der Waals surface area contributed by atoms with E-state index in [-0.39, 0.29) is 23.0 Å². The first kappa shape index (κ1) is 15.0. The second-order valence-corrected chi connectivity index (χ2v) is 6.73. The van der Waals surface area contributed by atoms with Crippen LogP contribution in [0.2, 0.25) is 0 Å². The lowest BCUT2D eigenvalue weighted by Gasteiger charge is -2.27. The molecule has 1 aliphatic rings.